The lowest BCUT2D eigenvalue weighted by molar-refractivity contribution is 0.104. The molecular formula is C13H22N2O. The molecule has 0 spiro atoms. The normalized spacial score (nSPS) is 30.5. The standard InChI is InChI=1S/C13H22N2O/c1-11-2-5-13(10-16,6-3-11)15-9-12-4-7-14-8-12/h4,7-8,11,14-16H,2-3,5-6,9-10H2,1H3. The lowest BCUT2D eigenvalue weighted by Gasteiger charge is -2.39. The predicted molar refractivity (Wildman–Crippen MR) is 65.1 cm³/mol. The van der Waals surface area contributed by atoms with Crippen molar-refractivity contribution in [3.8, 4) is 0 Å². The fourth-order valence-corrected chi connectivity index (χ4v) is 2.46. The van der Waals surface area contributed by atoms with Gasteiger partial charge < -0.3 is 15.4 Å². The Morgan fingerprint density at radius 1 is 1.50 bits per heavy atom. The maximum Gasteiger partial charge on any atom is 0.0613 e. The average Bonchev–Trinajstić information content (AvgIpc) is 2.82. The predicted octanol–water partition coefficient (Wildman–Crippen LogP) is 2.05. The number of hydrogen-bond acceptors (Lipinski definition) is 2. The van der Waals surface area contributed by atoms with Gasteiger partial charge in [-0.05, 0) is 43.2 Å². The first-order valence-corrected chi connectivity index (χ1v) is 6.22. The van der Waals surface area contributed by atoms with E-state index >= 15 is 0 Å². The van der Waals surface area contributed by atoms with Crippen molar-refractivity contribution in [3.05, 3.63) is 24.0 Å². The fraction of sp³-hybridized carbons (Fsp3) is 0.692. The third-order valence-electron chi connectivity index (χ3n) is 3.86. The van der Waals surface area contributed by atoms with Crippen LogP contribution in [0.3, 0.4) is 0 Å². The largest absolute Gasteiger partial charge is 0.394 e. The first-order chi connectivity index (χ1) is 7.74. The lowest BCUT2D eigenvalue weighted by atomic mass is 9.77. The molecule has 1 aliphatic rings. The molecule has 0 amide bonds. The SMILES string of the molecule is CC1CCC(CO)(NCc2cc[nH]c2)CC1. The molecule has 1 aliphatic carbocycles. The van der Waals surface area contributed by atoms with Crippen LogP contribution in [0.25, 0.3) is 0 Å². The zero-order chi connectivity index (χ0) is 11.4. The molecule has 3 nitrogen and oxygen atoms in total. The van der Waals surface area contributed by atoms with E-state index < -0.39 is 0 Å². The van der Waals surface area contributed by atoms with Gasteiger partial charge in [0.15, 0.2) is 0 Å². The molecule has 0 radical (unpaired) electrons. The highest BCUT2D eigenvalue weighted by atomic mass is 16.3. The van der Waals surface area contributed by atoms with Crippen LogP contribution >= 0.6 is 0 Å². The van der Waals surface area contributed by atoms with Crippen molar-refractivity contribution in [2.24, 2.45) is 5.92 Å². The first kappa shape index (κ1) is 11.7. The van der Waals surface area contributed by atoms with Gasteiger partial charge in [0.05, 0.1) is 6.61 Å². The van der Waals surface area contributed by atoms with Gasteiger partial charge in [0.2, 0.25) is 0 Å². The molecule has 3 heteroatoms. The summed E-state index contributed by atoms with van der Waals surface area (Å²) in [6.45, 7) is 3.40. The maximum atomic E-state index is 9.59. The van der Waals surface area contributed by atoms with Gasteiger partial charge in [0.1, 0.15) is 0 Å². The zero-order valence-electron chi connectivity index (χ0n) is 10.00. The summed E-state index contributed by atoms with van der Waals surface area (Å²) in [6, 6.07) is 2.07. The number of aromatic nitrogens is 1. The van der Waals surface area contributed by atoms with Crippen LogP contribution in [0.4, 0.5) is 0 Å². The van der Waals surface area contributed by atoms with Crippen LogP contribution in [-0.2, 0) is 6.54 Å². The molecule has 2 rings (SSSR count). The minimum Gasteiger partial charge on any atom is -0.394 e. The number of hydrogen-bond donors (Lipinski definition) is 3. The van der Waals surface area contributed by atoms with Gasteiger partial charge in [-0.2, -0.15) is 0 Å². The number of aliphatic hydroxyl groups excluding tert-OH is 1. The number of rotatable bonds is 4. The highest BCUT2D eigenvalue weighted by Crippen LogP contribution is 2.31. The van der Waals surface area contributed by atoms with Crippen molar-refractivity contribution in [1.29, 1.82) is 0 Å². The van der Waals surface area contributed by atoms with E-state index in [1.54, 1.807) is 0 Å². The van der Waals surface area contributed by atoms with Crippen molar-refractivity contribution >= 4 is 0 Å². The summed E-state index contributed by atoms with van der Waals surface area (Å²) in [4.78, 5) is 3.05. The minimum absolute atomic E-state index is 0.0379. The van der Waals surface area contributed by atoms with Crippen LogP contribution in [0.2, 0.25) is 0 Å². The maximum absolute atomic E-state index is 9.59. The topological polar surface area (TPSA) is 48.0 Å². The van der Waals surface area contributed by atoms with Crippen LogP contribution < -0.4 is 5.32 Å². The molecule has 0 atom stereocenters. The van der Waals surface area contributed by atoms with Crippen LogP contribution in [0.5, 0.6) is 0 Å². The van der Waals surface area contributed by atoms with E-state index in [2.05, 4.69) is 23.3 Å². The molecule has 1 aromatic heterocycles. The second kappa shape index (κ2) is 5.02. The Labute approximate surface area is 97.3 Å². The molecule has 3 N–H and O–H groups in total. The van der Waals surface area contributed by atoms with Gasteiger partial charge in [0, 0.05) is 24.5 Å². The Bertz CT molecular complexity index is 300. The summed E-state index contributed by atoms with van der Waals surface area (Å²) >= 11 is 0. The third kappa shape index (κ3) is 2.66. The summed E-state index contributed by atoms with van der Waals surface area (Å²) in [5, 5.41) is 13.1. The molecule has 1 fully saturated rings. The molecule has 1 aromatic rings. The average molecular weight is 222 g/mol. The molecule has 0 bridgehead atoms. The van der Waals surface area contributed by atoms with Crippen molar-refractivity contribution in [2.75, 3.05) is 6.61 Å². The third-order valence-corrected chi connectivity index (χ3v) is 3.86. The molecule has 90 valence electrons. The zero-order valence-corrected chi connectivity index (χ0v) is 10.00. The second-order valence-corrected chi connectivity index (χ2v) is 5.19. The van der Waals surface area contributed by atoms with Crippen molar-refractivity contribution < 1.29 is 5.11 Å². The molecule has 1 saturated carbocycles. The molecule has 0 unspecified atom stereocenters. The molecule has 0 saturated heterocycles. The van der Waals surface area contributed by atoms with Crippen LogP contribution in [0.1, 0.15) is 38.2 Å². The van der Waals surface area contributed by atoms with Crippen LogP contribution in [0.15, 0.2) is 18.5 Å². The van der Waals surface area contributed by atoms with E-state index in [0.717, 1.165) is 25.3 Å². The number of nitrogens with one attached hydrogen (secondary N) is 2. The molecule has 0 aliphatic heterocycles. The molecule has 0 aromatic carbocycles. The summed E-state index contributed by atoms with van der Waals surface area (Å²) in [5.41, 5.74) is 1.22. The van der Waals surface area contributed by atoms with E-state index in [9.17, 15) is 5.11 Å². The van der Waals surface area contributed by atoms with Gasteiger partial charge in [-0.25, -0.2) is 0 Å². The van der Waals surface area contributed by atoms with Crippen LogP contribution in [-0.4, -0.2) is 22.2 Å². The lowest BCUT2D eigenvalue weighted by Crippen LogP contribution is -2.50. The van der Waals surface area contributed by atoms with Gasteiger partial charge in [-0.1, -0.05) is 6.92 Å². The van der Waals surface area contributed by atoms with Gasteiger partial charge in [-0.3, -0.25) is 0 Å². The highest BCUT2D eigenvalue weighted by molar-refractivity contribution is 5.09. The van der Waals surface area contributed by atoms with Crippen LogP contribution in [0, 0.1) is 5.92 Å². The number of H-pyrrole nitrogens is 1. The van der Waals surface area contributed by atoms with E-state index in [-0.39, 0.29) is 12.1 Å². The minimum atomic E-state index is -0.0379. The summed E-state index contributed by atoms with van der Waals surface area (Å²) in [5.74, 6) is 0.814. The highest BCUT2D eigenvalue weighted by Gasteiger charge is 2.32. The Kier molecular flexibility index (Phi) is 3.66. The monoisotopic (exact) mass is 222 g/mol. The Morgan fingerprint density at radius 2 is 2.25 bits per heavy atom. The quantitative estimate of drug-likeness (QED) is 0.730. The van der Waals surface area contributed by atoms with Gasteiger partial charge in [0.25, 0.3) is 0 Å². The van der Waals surface area contributed by atoms with E-state index in [0.29, 0.717) is 0 Å². The van der Waals surface area contributed by atoms with Crippen molar-refractivity contribution in [2.45, 2.75) is 44.7 Å². The van der Waals surface area contributed by atoms with E-state index in [4.69, 9.17) is 0 Å². The molecule has 16 heavy (non-hydrogen) atoms. The second-order valence-electron chi connectivity index (χ2n) is 5.19. The fourth-order valence-electron chi connectivity index (χ4n) is 2.46. The van der Waals surface area contributed by atoms with Crippen molar-refractivity contribution in [1.82, 2.24) is 10.3 Å². The van der Waals surface area contributed by atoms with E-state index in [1.807, 2.05) is 12.4 Å². The molecule has 1 heterocycles. The van der Waals surface area contributed by atoms with Crippen molar-refractivity contribution in [3.63, 3.8) is 0 Å². The molecular weight excluding hydrogens is 200 g/mol. The number of aromatic amines is 1. The first-order valence-electron chi connectivity index (χ1n) is 6.22. The Balaban J connectivity index is 1.89. The Morgan fingerprint density at radius 3 is 2.81 bits per heavy atom. The van der Waals surface area contributed by atoms with E-state index in [1.165, 1.54) is 18.4 Å². The smallest absolute Gasteiger partial charge is 0.0613 e. The van der Waals surface area contributed by atoms with Gasteiger partial charge in [-0.15, -0.1) is 0 Å². The Hall–Kier alpha value is -0.800. The summed E-state index contributed by atoms with van der Waals surface area (Å²) in [7, 11) is 0. The van der Waals surface area contributed by atoms with Gasteiger partial charge >= 0.3 is 0 Å². The summed E-state index contributed by atoms with van der Waals surface area (Å²) in [6.07, 6.45) is 8.57. The number of aliphatic hydroxyl groups is 1. The summed E-state index contributed by atoms with van der Waals surface area (Å²) < 4.78 is 0.